The summed E-state index contributed by atoms with van der Waals surface area (Å²) in [6.45, 7) is 12.6. The second kappa shape index (κ2) is 26.6. The van der Waals surface area contributed by atoms with Crippen molar-refractivity contribution < 1.29 is 65.7 Å². The monoisotopic (exact) mass is 1000 g/mol. The number of hydrogen-bond acceptors (Lipinski definition) is 14. The SMILES string of the molecule is COCCOCCOCC[N+](CCOCCOCCOC)=c1ccc2c(C=CC=C3N(CCCCCC(=O)On4c(O)ccc4O)c4ccc(S(=O)(=O)O)cc4C3(C)C)c(C)c(-c3ccccc3)oc-2c1. The van der Waals surface area contributed by atoms with Crippen molar-refractivity contribution in [2.75, 3.05) is 105 Å². The van der Waals surface area contributed by atoms with E-state index in [-0.39, 0.29) is 23.1 Å². The molecule has 0 radical (unpaired) electrons. The summed E-state index contributed by atoms with van der Waals surface area (Å²) in [7, 11) is -1.19. The molecule has 3 aliphatic rings. The van der Waals surface area contributed by atoms with Crippen LogP contribution in [0.2, 0.25) is 0 Å². The number of aromatic nitrogens is 1. The van der Waals surface area contributed by atoms with Crippen molar-refractivity contribution in [2.24, 2.45) is 0 Å². The summed E-state index contributed by atoms with van der Waals surface area (Å²) < 4.78 is 77.6. The zero-order valence-corrected chi connectivity index (χ0v) is 42.2. The van der Waals surface area contributed by atoms with E-state index in [4.69, 9.17) is 37.7 Å². The van der Waals surface area contributed by atoms with Crippen molar-refractivity contribution in [3.8, 4) is 34.4 Å². The van der Waals surface area contributed by atoms with Crippen molar-refractivity contribution in [3.05, 3.63) is 119 Å². The molecule has 71 heavy (non-hydrogen) atoms. The van der Waals surface area contributed by atoms with Gasteiger partial charge in [-0.2, -0.15) is 8.42 Å². The Hall–Kier alpha value is -5.83. The minimum atomic E-state index is -4.47. The fourth-order valence-electron chi connectivity index (χ4n) is 8.40. The number of nitrogens with zero attached hydrogens (tertiary/aromatic N) is 3. The van der Waals surface area contributed by atoms with Crippen LogP contribution < -0.4 is 19.7 Å². The molecule has 0 spiro atoms. The lowest BCUT2D eigenvalue weighted by Crippen LogP contribution is -2.36. The van der Waals surface area contributed by atoms with Crippen LogP contribution in [-0.2, 0) is 48.7 Å². The van der Waals surface area contributed by atoms with Crippen molar-refractivity contribution >= 4 is 27.9 Å². The van der Waals surface area contributed by atoms with E-state index in [1.54, 1.807) is 20.3 Å². The molecule has 0 fully saturated rings. The van der Waals surface area contributed by atoms with Gasteiger partial charge < -0.3 is 52.8 Å². The number of unbranched alkanes of at least 4 members (excludes halogenated alkanes) is 2. The molecule has 0 amide bonds. The maximum atomic E-state index is 12.5. The molecule has 384 valence electrons. The first kappa shape index (κ1) is 54.5. The highest BCUT2D eigenvalue weighted by Gasteiger charge is 2.40. The molecule has 0 unspecified atom stereocenters. The number of anilines is 1. The molecule has 3 aromatic rings. The van der Waals surface area contributed by atoms with Crippen molar-refractivity contribution in [1.29, 1.82) is 0 Å². The first-order valence-electron chi connectivity index (χ1n) is 23.8. The van der Waals surface area contributed by atoms with Gasteiger partial charge in [-0.1, -0.05) is 62.8 Å². The average molecular weight is 1000 g/mol. The molecule has 0 saturated carbocycles. The van der Waals surface area contributed by atoms with Gasteiger partial charge in [0.1, 0.15) is 24.7 Å². The summed E-state index contributed by atoms with van der Waals surface area (Å²) in [6.07, 6.45) is 7.97. The zero-order valence-electron chi connectivity index (χ0n) is 41.3. The molecular formula is C53H68N3O14S+. The lowest BCUT2D eigenvalue weighted by Gasteiger charge is -2.27. The number of fused-ring (bicyclic) bond motifs is 2. The molecule has 17 nitrogen and oxygen atoms in total. The van der Waals surface area contributed by atoms with Gasteiger partial charge in [-0.05, 0) is 61.2 Å². The fraction of sp³-hybridized carbons (Fsp3) is 0.434. The molecule has 2 aliphatic heterocycles. The minimum absolute atomic E-state index is 0.0595. The number of ether oxygens (including phenoxy) is 6. The number of methoxy groups -OCH3 is 2. The molecule has 18 heteroatoms. The second-order valence-electron chi connectivity index (χ2n) is 17.4. The van der Waals surface area contributed by atoms with Crippen LogP contribution in [-0.4, -0.2) is 134 Å². The van der Waals surface area contributed by atoms with E-state index in [9.17, 15) is 28.0 Å². The van der Waals surface area contributed by atoms with E-state index in [2.05, 4.69) is 33.8 Å². The maximum Gasteiger partial charge on any atom is 0.333 e. The molecule has 0 bridgehead atoms. The van der Waals surface area contributed by atoms with Gasteiger partial charge in [0, 0.05) is 78.9 Å². The van der Waals surface area contributed by atoms with E-state index >= 15 is 0 Å². The predicted octanol–water partition coefficient (Wildman–Crippen LogP) is 6.86. The number of carbonyl (C=O) groups is 1. The maximum absolute atomic E-state index is 12.5. The van der Waals surface area contributed by atoms with E-state index in [0.29, 0.717) is 115 Å². The van der Waals surface area contributed by atoms with E-state index in [1.807, 2.05) is 63.3 Å². The van der Waals surface area contributed by atoms with Crippen LogP contribution in [0.5, 0.6) is 11.8 Å². The molecule has 1 aliphatic carbocycles. The Kier molecular flexibility index (Phi) is 20.4. The number of hydrogen-bond donors (Lipinski definition) is 3. The van der Waals surface area contributed by atoms with Crippen LogP contribution in [0.4, 0.5) is 5.69 Å². The highest BCUT2D eigenvalue weighted by Crippen LogP contribution is 2.49. The topological polar surface area (TPSA) is 201 Å². The van der Waals surface area contributed by atoms with Crippen molar-refractivity contribution in [3.63, 3.8) is 0 Å². The Labute approximate surface area is 416 Å². The summed E-state index contributed by atoms with van der Waals surface area (Å²) in [5.41, 5.74) is 5.50. The van der Waals surface area contributed by atoms with E-state index in [0.717, 1.165) is 50.3 Å². The Morgan fingerprint density at radius 3 is 2.00 bits per heavy atom. The van der Waals surface area contributed by atoms with Crippen LogP contribution in [0.25, 0.3) is 28.7 Å². The van der Waals surface area contributed by atoms with Crippen LogP contribution in [0.15, 0.2) is 106 Å². The van der Waals surface area contributed by atoms with Gasteiger partial charge in [-0.15, -0.1) is 4.73 Å². The summed E-state index contributed by atoms with van der Waals surface area (Å²) in [5.74, 6) is 0.0213. The number of benzene rings is 3. The predicted molar refractivity (Wildman–Crippen MR) is 269 cm³/mol. The Morgan fingerprint density at radius 2 is 1.38 bits per heavy atom. The normalized spacial score (nSPS) is 14.0. The lowest BCUT2D eigenvalue weighted by molar-refractivity contribution is -0.145. The van der Waals surface area contributed by atoms with E-state index < -0.39 is 21.5 Å². The zero-order chi connectivity index (χ0) is 50.8. The van der Waals surface area contributed by atoms with Gasteiger partial charge in [-0.25, -0.2) is 9.37 Å². The average Bonchev–Trinajstić information content (AvgIpc) is 3.78. The van der Waals surface area contributed by atoms with Crippen LogP contribution >= 0.6 is 0 Å². The number of aromatic hydroxyl groups is 2. The van der Waals surface area contributed by atoms with Crippen LogP contribution in [0, 0.1) is 6.92 Å². The van der Waals surface area contributed by atoms with Crippen molar-refractivity contribution in [2.45, 2.75) is 56.8 Å². The quantitative estimate of drug-likeness (QED) is 0.0255. The summed E-state index contributed by atoms with van der Waals surface area (Å²) in [6, 6.07) is 23.3. The summed E-state index contributed by atoms with van der Waals surface area (Å²) in [5, 5.41) is 20.6. The van der Waals surface area contributed by atoms with Crippen LogP contribution in [0.1, 0.15) is 56.2 Å². The van der Waals surface area contributed by atoms with Gasteiger partial charge in [0.05, 0.1) is 63.8 Å². The molecule has 6 rings (SSSR count). The standard InChI is InChI=1S/C53H67N3O14S/c1-39-43(15-12-16-48-53(2,3)45-38-42(71(60,61)62)19-21-46(45)55(48)24-11-7-10-17-51(59)70-56-49(57)22-23-50(56)58)44-20-18-41(37-47(44)69-52(39)40-13-8-6-9-14-40)54(25-27-65-33-35-67-31-29-63-4)26-28-66-34-36-68-32-30-64-5/h6,8-9,12-16,18-23,37-38H,7,10-11,17,24-36H2,1-5H3,(H2-,57,58,60,61,62)/p+1. The number of rotatable bonds is 29. The van der Waals surface area contributed by atoms with Gasteiger partial charge >= 0.3 is 5.97 Å². The molecule has 3 heterocycles. The van der Waals surface area contributed by atoms with Gasteiger partial charge in [0.25, 0.3) is 10.1 Å². The molecular weight excluding hydrogens is 935 g/mol. The first-order valence-corrected chi connectivity index (χ1v) is 25.3. The molecule has 1 aromatic heterocycles. The minimum Gasteiger partial charge on any atom is -0.492 e. The van der Waals surface area contributed by atoms with Gasteiger partial charge in [-0.3, -0.25) is 4.55 Å². The largest absolute Gasteiger partial charge is 0.492 e. The smallest absolute Gasteiger partial charge is 0.333 e. The van der Waals surface area contributed by atoms with Gasteiger partial charge in [0.2, 0.25) is 17.1 Å². The Balaban J connectivity index is 1.30. The second-order valence-corrected chi connectivity index (χ2v) is 18.8. The third kappa shape index (κ3) is 14.9. The Bertz CT molecular complexity index is 2690. The number of carbonyl (C=O) groups excluding carboxylic acids is 1. The third-order valence-corrected chi connectivity index (χ3v) is 13.0. The van der Waals surface area contributed by atoms with Crippen molar-refractivity contribution in [1.82, 2.24) is 9.31 Å². The van der Waals surface area contributed by atoms with Crippen LogP contribution in [0.3, 0.4) is 0 Å². The molecule has 0 atom stereocenters. The first-order chi connectivity index (χ1) is 34.2. The fourth-order valence-corrected chi connectivity index (χ4v) is 8.91. The van der Waals surface area contributed by atoms with E-state index in [1.165, 1.54) is 24.3 Å². The molecule has 3 N–H and O–H groups in total. The Morgan fingerprint density at radius 1 is 0.761 bits per heavy atom. The highest BCUT2D eigenvalue weighted by atomic mass is 32.2. The lowest BCUT2D eigenvalue weighted by atomic mass is 9.83. The molecule has 2 aromatic carbocycles. The summed E-state index contributed by atoms with van der Waals surface area (Å²) >= 11 is 0. The van der Waals surface area contributed by atoms with Gasteiger partial charge in [0.15, 0.2) is 13.1 Å². The number of allylic oxidation sites excluding steroid dienone is 3. The summed E-state index contributed by atoms with van der Waals surface area (Å²) in [4.78, 5) is 19.6. The molecule has 0 saturated heterocycles. The highest BCUT2D eigenvalue weighted by molar-refractivity contribution is 7.85. The third-order valence-electron chi connectivity index (χ3n) is 12.2.